The van der Waals surface area contributed by atoms with Crippen LogP contribution in [-0.4, -0.2) is 23.1 Å². The third-order valence-corrected chi connectivity index (χ3v) is 7.80. The molecule has 0 aliphatic heterocycles. The molecule has 0 saturated carbocycles. The van der Waals surface area contributed by atoms with Gasteiger partial charge in [-0.25, -0.2) is 0 Å². The Morgan fingerprint density at radius 2 is 0.917 bits per heavy atom. The van der Waals surface area contributed by atoms with Crippen molar-refractivity contribution < 1.29 is 19.4 Å². The number of carbonyl (C=O) groups is 2. The van der Waals surface area contributed by atoms with Crippen LogP contribution < -0.4 is 0 Å². The highest BCUT2D eigenvalue weighted by Gasteiger charge is 2.13. The second-order valence-electron chi connectivity index (χ2n) is 12.4. The Balaban J connectivity index is 4.27. The van der Waals surface area contributed by atoms with Gasteiger partial charge in [-0.1, -0.05) is 143 Å². The number of unbranched alkanes of at least 4 members (excludes halogenated alkanes) is 8. The van der Waals surface area contributed by atoms with Gasteiger partial charge >= 0.3 is 11.9 Å². The third-order valence-electron chi connectivity index (χ3n) is 7.80. The lowest BCUT2D eigenvalue weighted by Gasteiger charge is -2.17. The molecule has 270 valence electrons. The largest absolute Gasteiger partial charge is 0.481 e. The van der Waals surface area contributed by atoms with Crippen LogP contribution in [0.15, 0.2) is 97.2 Å². The number of carboxylic acids is 1. The maximum absolute atomic E-state index is 12.6. The number of esters is 1. The molecule has 0 aromatic carbocycles. The summed E-state index contributed by atoms with van der Waals surface area (Å²) in [5, 5.41) is 8.81. The number of ether oxygens (including phenoxy) is 1. The molecule has 0 spiro atoms. The molecule has 0 rings (SSSR count). The molecule has 0 bridgehead atoms. The van der Waals surface area contributed by atoms with Crippen LogP contribution >= 0.6 is 0 Å². The van der Waals surface area contributed by atoms with Crippen molar-refractivity contribution in [2.45, 2.75) is 168 Å². The van der Waals surface area contributed by atoms with Gasteiger partial charge < -0.3 is 9.84 Å². The van der Waals surface area contributed by atoms with E-state index in [9.17, 15) is 9.59 Å². The number of aliphatic carboxylic acids is 1. The molecule has 0 heterocycles. The number of hydrogen-bond donors (Lipinski definition) is 1. The highest BCUT2D eigenvalue weighted by molar-refractivity contribution is 5.69. The first kappa shape index (κ1) is 44.9. The van der Waals surface area contributed by atoms with Crippen molar-refractivity contribution in [3.63, 3.8) is 0 Å². The Morgan fingerprint density at radius 3 is 1.44 bits per heavy atom. The Hall–Kier alpha value is -3.14. The van der Waals surface area contributed by atoms with Crippen molar-refractivity contribution in [3.05, 3.63) is 97.2 Å². The van der Waals surface area contributed by atoms with Crippen molar-refractivity contribution >= 4 is 11.9 Å². The maximum Gasteiger partial charge on any atom is 0.306 e. The summed E-state index contributed by atoms with van der Waals surface area (Å²) in [6, 6.07) is 0. The Labute approximate surface area is 295 Å². The van der Waals surface area contributed by atoms with Gasteiger partial charge in [0, 0.05) is 12.8 Å². The van der Waals surface area contributed by atoms with Crippen LogP contribution in [0.5, 0.6) is 0 Å². The number of carboxylic acid groups (broad SMARTS) is 1. The van der Waals surface area contributed by atoms with E-state index in [1.54, 1.807) is 0 Å². The predicted octanol–water partition coefficient (Wildman–Crippen LogP) is 13.4. The van der Waals surface area contributed by atoms with Crippen LogP contribution in [0, 0.1) is 0 Å². The molecule has 0 fully saturated rings. The topological polar surface area (TPSA) is 63.6 Å². The summed E-state index contributed by atoms with van der Waals surface area (Å²) < 4.78 is 5.92. The van der Waals surface area contributed by atoms with Gasteiger partial charge in [0.05, 0.1) is 0 Å². The molecule has 1 unspecified atom stereocenters. The summed E-state index contributed by atoms with van der Waals surface area (Å²) in [6.07, 6.45) is 57.1. The van der Waals surface area contributed by atoms with Crippen LogP contribution in [0.4, 0.5) is 0 Å². The number of rotatable bonds is 33. The van der Waals surface area contributed by atoms with Crippen molar-refractivity contribution in [2.75, 3.05) is 0 Å². The van der Waals surface area contributed by atoms with E-state index in [0.29, 0.717) is 12.8 Å². The van der Waals surface area contributed by atoms with Gasteiger partial charge in [0.2, 0.25) is 0 Å². The van der Waals surface area contributed by atoms with Gasteiger partial charge in [0.15, 0.2) is 0 Å². The fraction of sp³-hybridized carbons (Fsp3) is 0.591. The Kier molecular flexibility index (Phi) is 35.8. The van der Waals surface area contributed by atoms with Gasteiger partial charge in [0.1, 0.15) is 6.10 Å². The molecule has 0 amide bonds. The molecule has 0 saturated heterocycles. The zero-order valence-corrected chi connectivity index (χ0v) is 30.8. The minimum atomic E-state index is -0.719. The van der Waals surface area contributed by atoms with E-state index < -0.39 is 5.97 Å². The summed E-state index contributed by atoms with van der Waals surface area (Å²) in [5.41, 5.74) is 0. The van der Waals surface area contributed by atoms with Crippen molar-refractivity contribution in [1.29, 1.82) is 0 Å². The number of allylic oxidation sites excluding steroid dienone is 16. The number of carbonyl (C=O) groups excluding carboxylic acids is 1. The molecule has 0 aliphatic rings. The van der Waals surface area contributed by atoms with Gasteiger partial charge in [-0.15, -0.1) is 0 Å². The summed E-state index contributed by atoms with van der Waals surface area (Å²) in [4.78, 5) is 23.3. The zero-order chi connectivity index (χ0) is 35.0. The van der Waals surface area contributed by atoms with Gasteiger partial charge in [0.25, 0.3) is 0 Å². The molecule has 1 atom stereocenters. The molecule has 0 aromatic heterocycles. The van der Waals surface area contributed by atoms with Crippen LogP contribution in [0.3, 0.4) is 0 Å². The molecule has 4 heteroatoms. The zero-order valence-electron chi connectivity index (χ0n) is 30.8. The van der Waals surface area contributed by atoms with Gasteiger partial charge in [-0.05, 0) is 103 Å². The average Bonchev–Trinajstić information content (AvgIpc) is 3.07. The summed E-state index contributed by atoms with van der Waals surface area (Å²) in [7, 11) is 0. The number of hydrogen-bond acceptors (Lipinski definition) is 3. The fourth-order valence-corrected chi connectivity index (χ4v) is 5.01. The normalized spacial score (nSPS) is 13.4. The van der Waals surface area contributed by atoms with Crippen LogP contribution in [-0.2, 0) is 14.3 Å². The fourth-order valence-electron chi connectivity index (χ4n) is 5.01. The summed E-state index contributed by atoms with van der Waals surface area (Å²) in [5.74, 6) is -0.826. The lowest BCUT2D eigenvalue weighted by atomic mass is 10.0. The lowest BCUT2D eigenvalue weighted by Crippen LogP contribution is -2.18. The van der Waals surface area contributed by atoms with E-state index in [1.165, 1.54) is 25.7 Å². The molecule has 48 heavy (non-hydrogen) atoms. The summed E-state index contributed by atoms with van der Waals surface area (Å²) >= 11 is 0. The molecule has 0 aromatic rings. The van der Waals surface area contributed by atoms with E-state index >= 15 is 0 Å². The first-order valence-electron chi connectivity index (χ1n) is 19.2. The highest BCUT2D eigenvalue weighted by Crippen LogP contribution is 2.17. The molecule has 1 N–H and O–H groups in total. The van der Waals surface area contributed by atoms with Crippen molar-refractivity contribution in [2.24, 2.45) is 0 Å². The maximum atomic E-state index is 12.6. The van der Waals surface area contributed by atoms with E-state index in [1.807, 2.05) is 0 Å². The molecular formula is C44H70O4. The van der Waals surface area contributed by atoms with E-state index in [2.05, 4.69) is 111 Å². The van der Waals surface area contributed by atoms with Gasteiger partial charge in [-0.2, -0.15) is 0 Å². The third kappa shape index (κ3) is 37.3. The molecule has 4 nitrogen and oxygen atoms in total. The highest BCUT2D eigenvalue weighted by atomic mass is 16.5. The SMILES string of the molecule is CC/C=C\C/C=C\C/C=C\C/C=C\C/C=C\C/C=C\CCC(=O)OC(CCC/C=C\C/C=C\CCCCC)CCCCCCCC(=O)O. The lowest BCUT2D eigenvalue weighted by molar-refractivity contribution is -0.149. The quantitative estimate of drug-likeness (QED) is 0.0431. The average molecular weight is 663 g/mol. The molecule has 0 aliphatic carbocycles. The predicted molar refractivity (Wildman–Crippen MR) is 208 cm³/mol. The first-order chi connectivity index (χ1) is 23.6. The Bertz CT molecular complexity index is 976. The molecule has 0 radical (unpaired) electrons. The second kappa shape index (κ2) is 38.3. The van der Waals surface area contributed by atoms with Gasteiger partial charge in [-0.3, -0.25) is 9.59 Å². The van der Waals surface area contributed by atoms with Crippen molar-refractivity contribution in [1.82, 2.24) is 0 Å². The van der Waals surface area contributed by atoms with E-state index in [4.69, 9.17) is 9.84 Å². The Morgan fingerprint density at radius 1 is 0.479 bits per heavy atom. The van der Waals surface area contributed by atoms with E-state index in [-0.39, 0.29) is 18.5 Å². The van der Waals surface area contributed by atoms with Crippen LogP contribution in [0.1, 0.15) is 162 Å². The minimum absolute atomic E-state index is 0.0337. The summed E-state index contributed by atoms with van der Waals surface area (Å²) in [6.45, 7) is 4.39. The second-order valence-corrected chi connectivity index (χ2v) is 12.4. The first-order valence-corrected chi connectivity index (χ1v) is 19.2. The van der Waals surface area contributed by atoms with E-state index in [0.717, 1.165) is 103 Å². The minimum Gasteiger partial charge on any atom is -0.481 e. The van der Waals surface area contributed by atoms with Crippen LogP contribution in [0.2, 0.25) is 0 Å². The smallest absolute Gasteiger partial charge is 0.306 e. The monoisotopic (exact) mass is 663 g/mol. The van der Waals surface area contributed by atoms with Crippen molar-refractivity contribution in [3.8, 4) is 0 Å². The molecular weight excluding hydrogens is 592 g/mol. The standard InChI is InChI=1S/C44H70O4/c1-3-5-7-9-11-13-15-16-17-18-19-20-21-22-24-26-28-33-37-41-44(47)48-42(39-35-31-29-32-36-40-43(45)46)38-34-30-27-25-23-14-12-10-8-6-4-2/h5,7,11-14,16-17,19-20,22,24-25,27-28,33,42H,3-4,6,8-10,15,18,21,23,26,29-32,34-41H2,1-2H3,(H,45,46)/b7-5-,13-11-,14-12-,17-16-,20-19-,24-22-,27-25-,33-28-. The van der Waals surface area contributed by atoms with Crippen LogP contribution in [0.25, 0.3) is 0 Å².